The number of aromatic nitrogens is 5. The van der Waals surface area contributed by atoms with Gasteiger partial charge in [-0.15, -0.1) is 15.0 Å². The number of carbonyl (C=O) groups excluding carboxylic acids is 2. The molecule has 9 nitrogen and oxygen atoms in total. The van der Waals surface area contributed by atoms with Crippen molar-refractivity contribution in [1.82, 2.24) is 35.4 Å². The molecule has 0 saturated heterocycles. The Labute approximate surface area is 133 Å². The molecule has 0 bridgehead atoms. The summed E-state index contributed by atoms with van der Waals surface area (Å²) in [6.45, 7) is 7.11. The number of hydrogen-bond acceptors (Lipinski definition) is 5. The molecule has 0 aliphatic heterocycles. The smallest absolute Gasteiger partial charge is 0.294 e. The maximum absolute atomic E-state index is 12.1. The van der Waals surface area contributed by atoms with Gasteiger partial charge in [-0.05, 0) is 30.7 Å². The quantitative estimate of drug-likeness (QED) is 0.583. The minimum absolute atomic E-state index is 0.0818. The van der Waals surface area contributed by atoms with Gasteiger partial charge in [-0.3, -0.25) is 9.59 Å². The van der Waals surface area contributed by atoms with Crippen LogP contribution in [0, 0.1) is 0 Å². The molecule has 0 aromatic carbocycles. The minimum atomic E-state index is -0.583. The van der Waals surface area contributed by atoms with Crippen LogP contribution < -0.4 is 10.6 Å². The van der Waals surface area contributed by atoms with E-state index in [4.69, 9.17) is 0 Å². The lowest BCUT2D eigenvalue weighted by atomic mass is 10.2. The number of hydrogen-bond donors (Lipinski definition) is 2. The summed E-state index contributed by atoms with van der Waals surface area (Å²) in [5.41, 5.74) is 0.443. The first-order valence-corrected chi connectivity index (χ1v) is 7.13. The van der Waals surface area contributed by atoms with Crippen LogP contribution in [0.5, 0.6) is 0 Å². The van der Waals surface area contributed by atoms with E-state index in [0.717, 1.165) is 0 Å². The third-order valence-electron chi connectivity index (χ3n) is 3.18. The molecule has 1 unspecified atom stereocenters. The highest BCUT2D eigenvalue weighted by atomic mass is 16.2. The predicted octanol–water partition coefficient (Wildman–Crippen LogP) is 0.159. The fraction of sp³-hybridized carbons (Fsp3) is 0.357. The van der Waals surface area contributed by atoms with E-state index in [0.29, 0.717) is 17.8 Å². The Morgan fingerprint density at radius 1 is 1.39 bits per heavy atom. The summed E-state index contributed by atoms with van der Waals surface area (Å²) in [6, 6.07) is 3.62. The summed E-state index contributed by atoms with van der Waals surface area (Å²) in [6.07, 6.45) is 1.79. The van der Waals surface area contributed by atoms with Crippen molar-refractivity contribution in [2.45, 2.75) is 26.4 Å². The van der Waals surface area contributed by atoms with Gasteiger partial charge in [0.15, 0.2) is 5.82 Å². The number of amides is 2. The lowest BCUT2D eigenvalue weighted by molar-refractivity contribution is -0.118. The Hall–Kier alpha value is -2.97. The van der Waals surface area contributed by atoms with Crippen LogP contribution in [-0.4, -0.2) is 42.8 Å². The number of aryl methyl sites for hydroxylation is 1. The highest BCUT2D eigenvalue weighted by Gasteiger charge is 2.18. The Kier molecular flexibility index (Phi) is 4.89. The van der Waals surface area contributed by atoms with Crippen LogP contribution in [0.3, 0.4) is 0 Å². The normalized spacial score (nSPS) is 11.8. The van der Waals surface area contributed by atoms with Gasteiger partial charge in [0, 0.05) is 18.8 Å². The molecule has 122 valence electrons. The molecule has 2 aromatic rings. The lowest BCUT2D eigenvalue weighted by Crippen LogP contribution is -2.46. The van der Waals surface area contributed by atoms with E-state index in [1.807, 2.05) is 26.2 Å². The van der Waals surface area contributed by atoms with E-state index in [1.165, 1.54) is 4.80 Å². The third-order valence-corrected chi connectivity index (χ3v) is 3.18. The SMILES string of the molecule is C=C(CC)C(=O)NC(C)NC(=O)c1nnn(-c2cccn2C)n1. The molecule has 0 spiro atoms. The summed E-state index contributed by atoms with van der Waals surface area (Å²) in [5, 5.41) is 16.8. The van der Waals surface area contributed by atoms with Crippen LogP contribution in [0.4, 0.5) is 0 Å². The average molecular weight is 317 g/mol. The van der Waals surface area contributed by atoms with E-state index in [9.17, 15) is 9.59 Å². The van der Waals surface area contributed by atoms with Crippen molar-refractivity contribution in [2.24, 2.45) is 7.05 Å². The summed E-state index contributed by atoms with van der Waals surface area (Å²) in [4.78, 5) is 25.0. The number of nitrogens with zero attached hydrogens (tertiary/aromatic N) is 5. The Morgan fingerprint density at radius 2 is 2.13 bits per heavy atom. The van der Waals surface area contributed by atoms with Crippen LogP contribution in [0.25, 0.3) is 5.82 Å². The fourth-order valence-corrected chi connectivity index (χ4v) is 1.82. The van der Waals surface area contributed by atoms with Gasteiger partial charge in [0.2, 0.25) is 5.91 Å². The summed E-state index contributed by atoms with van der Waals surface area (Å²) < 4.78 is 1.79. The van der Waals surface area contributed by atoms with Gasteiger partial charge in [-0.25, -0.2) is 0 Å². The molecule has 2 N–H and O–H groups in total. The summed E-state index contributed by atoms with van der Waals surface area (Å²) >= 11 is 0. The second-order valence-corrected chi connectivity index (χ2v) is 5.01. The first-order valence-electron chi connectivity index (χ1n) is 7.13. The zero-order valence-electron chi connectivity index (χ0n) is 13.3. The van der Waals surface area contributed by atoms with E-state index in [2.05, 4.69) is 32.6 Å². The molecule has 2 rings (SSSR count). The molecule has 0 aliphatic rings. The second-order valence-electron chi connectivity index (χ2n) is 5.01. The van der Waals surface area contributed by atoms with Gasteiger partial charge in [0.05, 0.1) is 6.17 Å². The van der Waals surface area contributed by atoms with Gasteiger partial charge in [0.1, 0.15) is 0 Å². The number of rotatable bonds is 6. The molecule has 2 heterocycles. The Balaban J connectivity index is 1.99. The average Bonchev–Trinajstić information content (AvgIpc) is 3.14. The standard InChI is InChI=1S/C14H19N7O2/c1-5-9(2)13(22)15-10(3)16-14(23)12-17-19-21(18-12)11-7-6-8-20(11)4/h6-8,10H,2,5H2,1,3-4H3,(H,15,22)(H,16,23). The molecule has 2 amide bonds. The van der Waals surface area contributed by atoms with Crippen molar-refractivity contribution in [2.75, 3.05) is 0 Å². The number of tetrazole rings is 1. The maximum Gasteiger partial charge on any atom is 0.294 e. The molecule has 23 heavy (non-hydrogen) atoms. The van der Waals surface area contributed by atoms with Crippen LogP contribution in [0.15, 0.2) is 30.5 Å². The Morgan fingerprint density at radius 3 is 2.74 bits per heavy atom. The highest BCUT2D eigenvalue weighted by Crippen LogP contribution is 2.03. The molecule has 0 saturated carbocycles. The van der Waals surface area contributed by atoms with Crippen molar-refractivity contribution in [3.63, 3.8) is 0 Å². The molecule has 0 aliphatic carbocycles. The number of carbonyl (C=O) groups is 2. The van der Waals surface area contributed by atoms with Gasteiger partial charge in [-0.2, -0.15) is 0 Å². The molecule has 2 aromatic heterocycles. The van der Waals surface area contributed by atoms with Crippen molar-refractivity contribution in [3.8, 4) is 5.82 Å². The van der Waals surface area contributed by atoms with E-state index >= 15 is 0 Å². The molecule has 0 fully saturated rings. The first kappa shape index (κ1) is 16.4. The topological polar surface area (TPSA) is 107 Å². The minimum Gasteiger partial charge on any atom is -0.335 e. The van der Waals surface area contributed by atoms with Crippen molar-refractivity contribution < 1.29 is 9.59 Å². The largest absolute Gasteiger partial charge is 0.335 e. The molecule has 1 atom stereocenters. The van der Waals surface area contributed by atoms with Gasteiger partial charge < -0.3 is 15.2 Å². The van der Waals surface area contributed by atoms with Gasteiger partial charge in [0.25, 0.3) is 11.7 Å². The summed E-state index contributed by atoms with van der Waals surface area (Å²) in [7, 11) is 1.83. The molecular formula is C14H19N7O2. The molecule has 9 heteroatoms. The van der Waals surface area contributed by atoms with Crippen molar-refractivity contribution >= 4 is 11.8 Å². The van der Waals surface area contributed by atoms with Crippen LogP contribution in [0.2, 0.25) is 0 Å². The first-order chi connectivity index (χ1) is 10.9. The van der Waals surface area contributed by atoms with E-state index < -0.39 is 12.1 Å². The van der Waals surface area contributed by atoms with Gasteiger partial charge >= 0.3 is 0 Å². The van der Waals surface area contributed by atoms with Crippen LogP contribution >= 0.6 is 0 Å². The lowest BCUT2D eigenvalue weighted by Gasteiger charge is -2.15. The summed E-state index contributed by atoms with van der Waals surface area (Å²) in [5.74, 6) is -0.236. The van der Waals surface area contributed by atoms with Crippen molar-refractivity contribution in [3.05, 3.63) is 36.3 Å². The monoisotopic (exact) mass is 317 g/mol. The van der Waals surface area contributed by atoms with E-state index in [-0.39, 0.29) is 11.7 Å². The molecular weight excluding hydrogens is 298 g/mol. The highest BCUT2D eigenvalue weighted by molar-refractivity contribution is 5.94. The van der Waals surface area contributed by atoms with E-state index in [1.54, 1.807) is 17.6 Å². The zero-order chi connectivity index (χ0) is 17.0. The third kappa shape index (κ3) is 3.82. The fourth-order valence-electron chi connectivity index (χ4n) is 1.82. The van der Waals surface area contributed by atoms with Gasteiger partial charge in [-0.1, -0.05) is 13.5 Å². The van der Waals surface area contributed by atoms with Crippen LogP contribution in [0.1, 0.15) is 30.9 Å². The Bertz CT molecular complexity index is 731. The predicted molar refractivity (Wildman–Crippen MR) is 82.6 cm³/mol. The maximum atomic E-state index is 12.1. The van der Waals surface area contributed by atoms with Crippen molar-refractivity contribution in [1.29, 1.82) is 0 Å². The second kappa shape index (κ2) is 6.86. The number of nitrogens with one attached hydrogen (secondary N) is 2. The molecule has 0 radical (unpaired) electrons. The van der Waals surface area contributed by atoms with Crippen LogP contribution in [-0.2, 0) is 11.8 Å². The zero-order valence-corrected chi connectivity index (χ0v) is 13.3.